The molecule has 0 radical (unpaired) electrons. The maximum absolute atomic E-state index is 12.2. The van der Waals surface area contributed by atoms with Gasteiger partial charge in [0, 0.05) is 21.9 Å². The van der Waals surface area contributed by atoms with E-state index in [1.54, 1.807) is 13.2 Å². The van der Waals surface area contributed by atoms with E-state index in [1.165, 1.54) is 12.2 Å². The summed E-state index contributed by atoms with van der Waals surface area (Å²) in [5.74, 6) is 0.472. The molecule has 1 aliphatic carbocycles. The zero-order valence-electron chi connectivity index (χ0n) is 11.3. The molecule has 0 unspecified atom stereocenters. The van der Waals surface area contributed by atoms with Gasteiger partial charge in [-0.2, -0.15) is 0 Å². The fourth-order valence-electron chi connectivity index (χ4n) is 2.86. The third kappa shape index (κ3) is 1.56. The second-order valence-electron chi connectivity index (χ2n) is 5.01. The minimum atomic E-state index is -0.145. The number of allylic oxidation sites excluding steroid dienone is 2. The van der Waals surface area contributed by atoms with Gasteiger partial charge in [-0.05, 0) is 36.4 Å². The number of fused-ring (bicyclic) bond motifs is 5. The van der Waals surface area contributed by atoms with Crippen molar-refractivity contribution >= 4 is 33.4 Å². The highest BCUT2D eigenvalue weighted by Gasteiger charge is 2.23. The number of carbonyl (C=O) groups is 2. The van der Waals surface area contributed by atoms with Crippen molar-refractivity contribution in [3.05, 3.63) is 53.6 Å². The predicted molar refractivity (Wildman–Crippen MR) is 80.2 cm³/mol. The molecule has 1 aliphatic rings. The largest absolute Gasteiger partial charge is 0.497 e. The number of aromatic nitrogens is 1. The number of ketones is 2. The summed E-state index contributed by atoms with van der Waals surface area (Å²) in [7, 11) is 1.62. The molecule has 4 heteroatoms. The SMILES string of the molecule is COc1ccc2[nH]c3c4c(ccc3c2c1)C(=O)C=CC4=O. The average Bonchev–Trinajstić information content (AvgIpc) is 2.88. The fourth-order valence-corrected chi connectivity index (χ4v) is 2.86. The van der Waals surface area contributed by atoms with Crippen molar-refractivity contribution in [2.45, 2.75) is 0 Å². The standard InChI is InChI=1S/C17H11NO3/c1-21-9-2-5-13-12(8-9)10-3-4-11-14(19)6-7-15(20)16(11)17(10)18-13/h2-8,18H,1H3. The number of hydrogen-bond donors (Lipinski definition) is 1. The molecule has 0 saturated heterocycles. The van der Waals surface area contributed by atoms with Gasteiger partial charge >= 0.3 is 0 Å². The molecule has 1 heterocycles. The minimum absolute atomic E-state index is 0.136. The molecule has 2 aromatic carbocycles. The normalized spacial score (nSPS) is 14.0. The van der Waals surface area contributed by atoms with Crippen LogP contribution in [-0.2, 0) is 0 Å². The highest BCUT2D eigenvalue weighted by Crippen LogP contribution is 2.33. The summed E-state index contributed by atoms with van der Waals surface area (Å²) in [6.07, 6.45) is 2.65. The van der Waals surface area contributed by atoms with Crippen LogP contribution in [0.1, 0.15) is 20.7 Å². The third-order valence-corrected chi connectivity index (χ3v) is 3.88. The Morgan fingerprint density at radius 3 is 2.57 bits per heavy atom. The molecule has 0 aliphatic heterocycles. The molecule has 1 N–H and O–H groups in total. The fraction of sp³-hybridized carbons (Fsp3) is 0.0588. The molecule has 0 amide bonds. The first kappa shape index (κ1) is 11.9. The number of methoxy groups -OCH3 is 1. The van der Waals surface area contributed by atoms with Gasteiger partial charge in [0.1, 0.15) is 5.75 Å². The minimum Gasteiger partial charge on any atom is -0.497 e. The quantitative estimate of drug-likeness (QED) is 0.742. The molecule has 21 heavy (non-hydrogen) atoms. The van der Waals surface area contributed by atoms with E-state index in [-0.39, 0.29) is 11.6 Å². The molecule has 0 bridgehead atoms. The van der Waals surface area contributed by atoms with Crippen LogP contribution in [0.15, 0.2) is 42.5 Å². The molecular weight excluding hydrogens is 266 g/mol. The van der Waals surface area contributed by atoms with Crippen molar-refractivity contribution in [3.63, 3.8) is 0 Å². The van der Waals surface area contributed by atoms with Crippen LogP contribution in [0.25, 0.3) is 21.8 Å². The Bertz CT molecular complexity index is 963. The Morgan fingerprint density at radius 1 is 0.952 bits per heavy atom. The van der Waals surface area contributed by atoms with Crippen LogP contribution < -0.4 is 4.74 Å². The Labute approximate surface area is 120 Å². The zero-order valence-corrected chi connectivity index (χ0v) is 11.3. The summed E-state index contributed by atoms with van der Waals surface area (Å²) in [4.78, 5) is 27.3. The van der Waals surface area contributed by atoms with Crippen LogP contribution in [-0.4, -0.2) is 23.7 Å². The van der Waals surface area contributed by atoms with Crippen LogP contribution in [0, 0.1) is 0 Å². The van der Waals surface area contributed by atoms with Crippen LogP contribution in [0.4, 0.5) is 0 Å². The summed E-state index contributed by atoms with van der Waals surface area (Å²) in [6.45, 7) is 0. The van der Waals surface area contributed by atoms with Crippen LogP contribution in [0.5, 0.6) is 5.75 Å². The van der Waals surface area contributed by atoms with E-state index in [1.807, 2.05) is 24.3 Å². The molecule has 1 aromatic heterocycles. The smallest absolute Gasteiger partial charge is 0.188 e. The third-order valence-electron chi connectivity index (χ3n) is 3.88. The van der Waals surface area contributed by atoms with Crippen molar-refractivity contribution in [1.82, 2.24) is 4.98 Å². The molecule has 0 fully saturated rings. The Kier molecular flexibility index (Phi) is 2.30. The maximum atomic E-state index is 12.2. The van der Waals surface area contributed by atoms with E-state index in [0.29, 0.717) is 16.6 Å². The number of rotatable bonds is 1. The number of ether oxygens (including phenoxy) is 1. The number of hydrogen-bond acceptors (Lipinski definition) is 3. The summed E-state index contributed by atoms with van der Waals surface area (Å²) in [5.41, 5.74) is 2.52. The van der Waals surface area contributed by atoms with E-state index in [2.05, 4.69) is 4.98 Å². The summed E-state index contributed by atoms with van der Waals surface area (Å²) >= 11 is 0. The molecule has 0 atom stereocenters. The summed E-state index contributed by atoms with van der Waals surface area (Å²) < 4.78 is 5.25. The first-order valence-corrected chi connectivity index (χ1v) is 6.58. The van der Waals surface area contributed by atoms with Gasteiger partial charge in [-0.1, -0.05) is 6.07 Å². The van der Waals surface area contributed by atoms with Gasteiger partial charge in [-0.25, -0.2) is 0 Å². The van der Waals surface area contributed by atoms with Crippen LogP contribution in [0.3, 0.4) is 0 Å². The zero-order chi connectivity index (χ0) is 14.6. The second kappa shape index (κ2) is 4.06. The lowest BCUT2D eigenvalue weighted by Gasteiger charge is -2.09. The maximum Gasteiger partial charge on any atom is 0.188 e. The van der Waals surface area contributed by atoms with E-state index < -0.39 is 0 Å². The van der Waals surface area contributed by atoms with Crippen molar-refractivity contribution < 1.29 is 14.3 Å². The lowest BCUT2D eigenvalue weighted by molar-refractivity contribution is 0.0995. The van der Waals surface area contributed by atoms with E-state index in [0.717, 1.165) is 22.0 Å². The topological polar surface area (TPSA) is 59.2 Å². The van der Waals surface area contributed by atoms with Gasteiger partial charge in [0.2, 0.25) is 0 Å². The van der Waals surface area contributed by atoms with Gasteiger partial charge in [-0.3, -0.25) is 9.59 Å². The van der Waals surface area contributed by atoms with E-state index in [9.17, 15) is 9.59 Å². The second-order valence-corrected chi connectivity index (χ2v) is 5.01. The van der Waals surface area contributed by atoms with Gasteiger partial charge in [-0.15, -0.1) is 0 Å². The number of carbonyl (C=O) groups excluding carboxylic acids is 2. The van der Waals surface area contributed by atoms with Crippen LogP contribution >= 0.6 is 0 Å². The highest BCUT2D eigenvalue weighted by molar-refractivity contribution is 6.28. The lowest BCUT2D eigenvalue weighted by atomic mass is 9.92. The lowest BCUT2D eigenvalue weighted by Crippen LogP contribution is -2.11. The Morgan fingerprint density at radius 2 is 1.76 bits per heavy atom. The summed E-state index contributed by atoms with van der Waals surface area (Å²) in [6, 6.07) is 9.28. The van der Waals surface area contributed by atoms with Gasteiger partial charge in [0.15, 0.2) is 11.6 Å². The Balaban J connectivity index is 2.15. The number of nitrogens with one attached hydrogen (secondary N) is 1. The van der Waals surface area contributed by atoms with Crippen molar-refractivity contribution in [1.29, 1.82) is 0 Å². The van der Waals surface area contributed by atoms with E-state index in [4.69, 9.17) is 4.74 Å². The summed E-state index contributed by atoms with van der Waals surface area (Å²) in [5, 5.41) is 1.89. The number of benzene rings is 2. The molecule has 4 nitrogen and oxygen atoms in total. The molecule has 3 aromatic rings. The monoisotopic (exact) mass is 277 g/mol. The predicted octanol–water partition coefficient (Wildman–Crippen LogP) is 3.26. The number of aromatic amines is 1. The van der Waals surface area contributed by atoms with Gasteiger partial charge in [0.05, 0.1) is 18.2 Å². The van der Waals surface area contributed by atoms with E-state index >= 15 is 0 Å². The first-order valence-electron chi connectivity index (χ1n) is 6.58. The van der Waals surface area contributed by atoms with Gasteiger partial charge < -0.3 is 9.72 Å². The molecule has 0 saturated carbocycles. The van der Waals surface area contributed by atoms with Crippen molar-refractivity contribution in [2.24, 2.45) is 0 Å². The molecule has 4 rings (SSSR count). The van der Waals surface area contributed by atoms with Crippen molar-refractivity contribution in [3.8, 4) is 5.75 Å². The van der Waals surface area contributed by atoms with Crippen LogP contribution in [0.2, 0.25) is 0 Å². The van der Waals surface area contributed by atoms with Crippen molar-refractivity contribution in [2.75, 3.05) is 7.11 Å². The number of H-pyrrole nitrogens is 1. The molecule has 102 valence electrons. The average molecular weight is 277 g/mol. The first-order chi connectivity index (χ1) is 10.2. The molecular formula is C17H11NO3. The van der Waals surface area contributed by atoms with Gasteiger partial charge in [0.25, 0.3) is 0 Å². The molecule has 0 spiro atoms. The highest BCUT2D eigenvalue weighted by atomic mass is 16.5. The Hall–Kier alpha value is -2.88.